The first-order valence-corrected chi connectivity index (χ1v) is 7.60. The Labute approximate surface area is 144 Å². The maximum Gasteiger partial charge on any atom is 0.328 e. The summed E-state index contributed by atoms with van der Waals surface area (Å²) >= 11 is 0. The number of aryl methyl sites for hydroxylation is 3. The van der Waals surface area contributed by atoms with Crippen LogP contribution in [0.2, 0.25) is 0 Å². The van der Waals surface area contributed by atoms with Crippen LogP contribution in [0.5, 0.6) is 0 Å². The molecular weight excluding hydrogens is 326 g/mol. The molecule has 8 heteroatoms. The zero-order valence-electron chi connectivity index (χ0n) is 14.3. The van der Waals surface area contributed by atoms with Crippen molar-refractivity contribution >= 4 is 11.7 Å². The van der Waals surface area contributed by atoms with Gasteiger partial charge in [0, 0.05) is 11.6 Å². The van der Waals surface area contributed by atoms with Gasteiger partial charge in [0.25, 0.3) is 5.69 Å². The SMILES string of the molecule is CCOC(=O)C(C#N)c1cc(C)c(-c2c(C)noc2C)cc1[N+](=O)[O-]. The largest absolute Gasteiger partial charge is 0.465 e. The topological polar surface area (TPSA) is 119 Å². The number of ether oxygens (including phenoxy) is 1. The quantitative estimate of drug-likeness (QED) is 0.464. The van der Waals surface area contributed by atoms with Crippen LogP contribution in [0, 0.1) is 42.2 Å². The average Bonchev–Trinajstić information content (AvgIpc) is 2.87. The van der Waals surface area contributed by atoms with Gasteiger partial charge in [-0.05, 0) is 44.9 Å². The van der Waals surface area contributed by atoms with Gasteiger partial charge in [-0.1, -0.05) is 5.16 Å². The van der Waals surface area contributed by atoms with Crippen LogP contribution in [0.15, 0.2) is 16.7 Å². The molecule has 0 aliphatic rings. The van der Waals surface area contributed by atoms with Crippen LogP contribution in [-0.4, -0.2) is 22.7 Å². The maximum absolute atomic E-state index is 12.0. The molecule has 0 bridgehead atoms. The lowest BCUT2D eigenvalue weighted by Gasteiger charge is -2.13. The van der Waals surface area contributed by atoms with E-state index in [4.69, 9.17) is 9.26 Å². The summed E-state index contributed by atoms with van der Waals surface area (Å²) in [5.74, 6) is -1.64. The van der Waals surface area contributed by atoms with Crippen LogP contribution < -0.4 is 0 Å². The first kappa shape index (κ1) is 18.1. The van der Waals surface area contributed by atoms with E-state index in [0.29, 0.717) is 28.1 Å². The highest BCUT2D eigenvalue weighted by atomic mass is 16.6. The molecule has 25 heavy (non-hydrogen) atoms. The highest BCUT2D eigenvalue weighted by Crippen LogP contribution is 2.37. The lowest BCUT2D eigenvalue weighted by Crippen LogP contribution is -2.16. The Balaban J connectivity index is 2.69. The van der Waals surface area contributed by atoms with Gasteiger partial charge in [-0.15, -0.1) is 0 Å². The van der Waals surface area contributed by atoms with E-state index in [1.807, 2.05) is 0 Å². The second-order valence-corrected chi connectivity index (χ2v) is 5.50. The van der Waals surface area contributed by atoms with Crippen LogP contribution in [-0.2, 0) is 9.53 Å². The third kappa shape index (κ3) is 3.35. The predicted octanol–water partition coefficient (Wildman–Crippen LogP) is 3.35. The van der Waals surface area contributed by atoms with Crippen molar-refractivity contribution in [2.24, 2.45) is 0 Å². The van der Waals surface area contributed by atoms with Crippen LogP contribution in [0.1, 0.15) is 35.4 Å². The number of nitro groups is 1. The number of hydrogen-bond donors (Lipinski definition) is 0. The van der Waals surface area contributed by atoms with Gasteiger partial charge in [0.05, 0.1) is 28.9 Å². The Morgan fingerprint density at radius 1 is 1.44 bits per heavy atom. The van der Waals surface area contributed by atoms with Gasteiger partial charge < -0.3 is 9.26 Å². The van der Waals surface area contributed by atoms with Crippen LogP contribution in [0.25, 0.3) is 11.1 Å². The molecule has 0 spiro atoms. The molecule has 0 aliphatic carbocycles. The first-order valence-electron chi connectivity index (χ1n) is 7.60. The van der Waals surface area contributed by atoms with E-state index in [-0.39, 0.29) is 17.9 Å². The molecular formula is C17H17N3O5. The zero-order valence-corrected chi connectivity index (χ0v) is 14.3. The summed E-state index contributed by atoms with van der Waals surface area (Å²) in [5, 5.41) is 24.7. The lowest BCUT2D eigenvalue weighted by atomic mass is 9.91. The molecule has 2 aromatic rings. The minimum atomic E-state index is -1.36. The fourth-order valence-corrected chi connectivity index (χ4v) is 2.72. The number of nitro benzene ring substituents is 1. The van der Waals surface area contributed by atoms with Gasteiger partial charge in [-0.2, -0.15) is 5.26 Å². The van der Waals surface area contributed by atoms with Crippen molar-refractivity contribution in [2.45, 2.75) is 33.6 Å². The molecule has 130 valence electrons. The first-order chi connectivity index (χ1) is 11.8. The minimum Gasteiger partial charge on any atom is -0.465 e. The summed E-state index contributed by atoms with van der Waals surface area (Å²) in [6.45, 7) is 6.88. The predicted molar refractivity (Wildman–Crippen MR) is 87.8 cm³/mol. The van der Waals surface area contributed by atoms with E-state index >= 15 is 0 Å². The number of carbonyl (C=O) groups excluding carboxylic acids is 1. The molecule has 0 radical (unpaired) electrons. The highest BCUT2D eigenvalue weighted by molar-refractivity contribution is 5.84. The Kier molecular flexibility index (Phi) is 5.17. The lowest BCUT2D eigenvalue weighted by molar-refractivity contribution is -0.385. The standard InChI is InChI=1S/C17H17N3O5/c1-5-24-17(21)14(8-18)13-6-9(2)12(7-15(13)20(22)23)16-10(3)19-25-11(16)4/h6-7,14H,5H2,1-4H3. The van der Waals surface area contributed by atoms with Gasteiger partial charge in [-0.25, -0.2) is 0 Å². The van der Waals surface area contributed by atoms with Gasteiger partial charge in [0.2, 0.25) is 0 Å². The number of benzene rings is 1. The van der Waals surface area contributed by atoms with Crippen molar-refractivity contribution in [1.82, 2.24) is 5.16 Å². The third-order valence-electron chi connectivity index (χ3n) is 3.84. The second-order valence-electron chi connectivity index (χ2n) is 5.50. The monoisotopic (exact) mass is 343 g/mol. The van der Waals surface area contributed by atoms with Gasteiger partial charge >= 0.3 is 5.97 Å². The van der Waals surface area contributed by atoms with Crippen molar-refractivity contribution in [1.29, 1.82) is 5.26 Å². The van der Waals surface area contributed by atoms with Crippen molar-refractivity contribution in [3.8, 4) is 17.2 Å². The molecule has 1 aromatic heterocycles. The van der Waals surface area contributed by atoms with Crippen molar-refractivity contribution in [3.05, 3.63) is 44.8 Å². The number of nitrogens with zero attached hydrogens (tertiary/aromatic N) is 3. The molecule has 8 nitrogen and oxygen atoms in total. The molecule has 0 saturated heterocycles. The number of carbonyl (C=O) groups is 1. The normalized spacial score (nSPS) is 11.6. The second kappa shape index (κ2) is 7.13. The van der Waals surface area contributed by atoms with E-state index in [9.17, 15) is 20.2 Å². The molecule has 1 atom stereocenters. The van der Waals surface area contributed by atoms with Crippen molar-refractivity contribution in [2.75, 3.05) is 6.61 Å². The molecule has 1 aromatic carbocycles. The summed E-state index contributed by atoms with van der Waals surface area (Å²) in [5.41, 5.74) is 2.20. The smallest absolute Gasteiger partial charge is 0.328 e. The minimum absolute atomic E-state index is 0.0129. The molecule has 2 rings (SSSR count). The average molecular weight is 343 g/mol. The van der Waals surface area contributed by atoms with Crippen LogP contribution in [0.3, 0.4) is 0 Å². The molecule has 0 N–H and O–H groups in total. The fraction of sp³-hybridized carbons (Fsp3) is 0.353. The van der Waals surface area contributed by atoms with E-state index in [2.05, 4.69) is 5.16 Å². The molecule has 0 fully saturated rings. The number of rotatable bonds is 5. The Hall–Kier alpha value is -3.21. The number of hydrogen-bond acceptors (Lipinski definition) is 7. The number of nitriles is 1. The molecule has 0 amide bonds. The van der Waals surface area contributed by atoms with E-state index in [0.717, 1.165) is 0 Å². The fourth-order valence-electron chi connectivity index (χ4n) is 2.72. The number of aromatic nitrogens is 1. The molecule has 0 aliphatic heterocycles. The summed E-state index contributed by atoms with van der Waals surface area (Å²) in [7, 11) is 0. The van der Waals surface area contributed by atoms with E-state index in [1.54, 1.807) is 33.8 Å². The Morgan fingerprint density at radius 3 is 2.60 bits per heavy atom. The van der Waals surface area contributed by atoms with Crippen LogP contribution in [0.4, 0.5) is 5.69 Å². The summed E-state index contributed by atoms with van der Waals surface area (Å²) < 4.78 is 9.98. The molecule has 1 unspecified atom stereocenters. The Morgan fingerprint density at radius 2 is 2.12 bits per heavy atom. The summed E-state index contributed by atoms with van der Waals surface area (Å²) in [6, 6.07) is 4.62. The van der Waals surface area contributed by atoms with Crippen molar-refractivity contribution < 1.29 is 19.0 Å². The Bertz CT molecular complexity index is 860. The highest BCUT2D eigenvalue weighted by Gasteiger charge is 2.31. The number of esters is 1. The van der Waals surface area contributed by atoms with Gasteiger partial charge in [0.15, 0.2) is 5.92 Å². The third-order valence-corrected chi connectivity index (χ3v) is 3.84. The van der Waals surface area contributed by atoms with Gasteiger partial charge in [-0.3, -0.25) is 14.9 Å². The van der Waals surface area contributed by atoms with Crippen molar-refractivity contribution in [3.63, 3.8) is 0 Å². The molecule has 1 heterocycles. The van der Waals surface area contributed by atoms with E-state index in [1.165, 1.54) is 12.1 Å². The van der Waals surface area contributed by atoms with E-state index < -0.39 is 16.8 Å². The summed E-state index contributed by atoms with van der Waals surface area (Å²) in [6.07, 6.45) is 0. The molecule has 0 saturated carbocycles. The zero-order chi connectivity index (χ0) is 18.7. The van der Waals surface area contributed by atoms with Crippen LogP contribution >= 0.6 is 0 Å². The summed E-state index contributed by atoms with van der Waals surface area (Å²) in [4.78, 5) is 22.9. The van der Waals surface area contributed by atoms with Gasteiger partial charge in [0.1, 0.15) is 5.76 Å². The maximum atomic E-state index is 12.0.